The second-order valence-corrected chi connectivity index (χ2v) is 5.95. The number of likely N-dealkylation sites (tertiary alicyclic amines) is 1. The standard InChI is InChI=1S/C18H25NO3/c1-3-22-18(21)16-10-7-11-19(13-16)17(20)12-14(2)15-8-5-4-6-9-15/h4-6,8-9,14,16H,3,7,10-13H2,1-2H3/t14-,16+/m0/s1. The lowest BCUT2D eigenvalue weighted by Crippen LogP contribution is -2.43. The van der Waals surface area contributed by atoms with Gasteiger partial charge in [-0.2, -0.15) is 0 Å². The molecule has 2 atom stereocenters. The Labute approximate surface area is 132 Å². The zero-order valence-electron chi connectivity index (χ0n) is 13.5. The van der Waals surface area contributed by atoms with Crippen molar-refractivity contribution in [3.8, 4) is 0 Å². The van der Waals surface area contributed by atoms with Gasteiger partial charge >= 0.3 is 5.97 Å². The minimum atomic E-state index is -0.170. The van der Waals surface area contributed by atoms with Crippen molar-refractivity contribution in [2.75, 3.05) is 19.7 Å². The van der Waals surface area contributed by atoms with Crippen molar-refractivity contribution in [2.45, 2.75) is 39.0 Å². The number of ether oxygens (including phenoxy) is 1. The summed E-state index contributed by atoms with van der Waals surface area (Å²) in [6.45, 7) is 5.52. The monoisotopic (exact) mass is 303 g/mol. The normalized spacial score (nSPS) is 19.5. The molecule has 0 spiro atoms. The Morgan fingerprint density at radius 2 is 2.05 bits per heavy atom. The number of benzene rings is 1. The highest BCUT2D eigenvalue weighted by Crippen LogP contribution is 2.23. The molecule has 0 saturated carbocycles. The van der Waals surface area contributed by atoms with Crippen molar-refractivity contribution in [1.29, 1.82) is 0 Å². The third-order valence-corrected chi connectivity index (χ3v) is 4.24. The number of amides is 1. The maximum Gasteiger partial charge on any atom is 0.310 e. The quantitative estimate of drug-likeness (QED) is 0.786. The summed E-state index contributed by atoms with van der Waals surface area (Å²) in [5.41, 5.74) is 1.18. The number of rotatable bonds is 5. The lowest BCUT2D eigenvalue weighted by molar-refractivity contribution is -0.151. The summed E-state index contributed by atoms with van der Waals surface area (Å²) in [4.78, 5) is 26.2. The van der Waals surface area contributed by atoms with E-state index >= 15 is 0 Å². The second-order valence-electron chi connectivity index (χ2n) is 5.95. The van der Waals surface area contributed by atoms with Crippen LogP contribution in [0.25, 0.3) is 0 Å². The smallest absolute Gasteiger partial charge is 0.310 e. The number of esters is 1. The fraction of sp³-hybridized carbons (Fsp3) is 0.556. The maximum absolute atomic E-state index is 12.5. The van der Waals surface area contributed by atoms with Gasteiger partial charge < -0.3 is 9.64 Å². The number of nitrogens with zero attached hydrogens (tertiary/aromatic N) is 1. The summed E-state index contributed by atoms with van der Waals surface area (Å²) in [6, 6.07) is 10.1. The first kappa shape index (κ1) is 16.5. The van der Waals surface area contributed by atoms with Gasteiger partial charge in [-0.15, -0.1) is 0 Å². The van der Waals surface area contributed by atoms with Crippen LogP contribution >= 0.6 is 0 Å². The van der Waals surface area contributed by atoms with E-state index in [9.17, 15) is 9.59 Å². The average Bonchev–Trinajstić information content (AvgIpc) is 2.56. The van der Waals surface area contributed by atoms with Crippen molar-refractivity contribution in [1.82, 2.24) is 4.90 Å². The Hall–Kier alpha value is -1.84. The Kier molecular flexibility index (Phi) is 5.99. The van der Waals surface area contributed by atoms with Crippen LogP contribution in [0.15, 0.2) is 30.3 Å². The summed E-state index contributed by atoms with van der Waals surface area (Å²) >= 11 is 0. The van der Waals surface area contributed by atoms with Crippen LogP contribution in [0.5, 0.6) is 0 Å². The minimum absolute atomic E-state index is 0.130. The molecule has 1 aromatic carbocycles. The van der Waals surface area contributed by atoms with Crippen LogP contribution in [-0.2, 0) is 14.3 Å². The Balaban J connectivity index is 1.90. The van der Waals surface area contributed by atoms with E-state index in [1.165, 1.54) is 5.56 Å². The van der Waals surface area contributed by atoms with E-state index < -0.39 is 0 Å². The molecule has 120 valence electrons. The number of piperidine rings is 1. The van der Waals surface area contributed by atoms with Gasteiger partial charge in [-0.05, 0) is 31.2 Å². The zero-order valence-corrected chi connectivity index (χ0v) is 13.5. The van der Waals surface area contributed by atoms with Crippen molar-refractivity contribution in [3.05, 3.63) is 35.9 Å². The molecule has 0 N–H and O–H groups in total. The number of carbonyl (C=O) groups is 2. The Morgan fingerprint density at radius 3 is 2.73 bits per heavy atom. The van der Waals surface area contributed by atoms with Crippen LogP contribution in [0.2, 0.25) is 0 Å². The van der Waals surface area contributed by atoms with Gasteiger partial charge in [-0.1, -0.05) is 37.3 Å². The Bertz CT molecular complexity index is 500. The molecule has 0 bridgehead atoms. The molecule has 4 heteroatoms. The van der Waals surface area contributed by atoms with Gasteiger partial charge in [0.25, 0.3) is 0 Å². The molecule has 4 nitrogen and oxygen atoms in total. The fourth-order valence-electron chi connectivity index (χ4n) is 2.95. The predicted molar refractivity (Wildman–Crippen MR) is 85.4 cm³/mol. The molecule has 1 fully saturated rings. The van der Waals surface area contributed by atoms with Gasteiger partial charge in [0.05, 0.1) is 12.5 Å². The van der Waals surface area contributed by atoms with Crippen molar-refractivity contribution in [2.24, 2.45) is 5.92 Å². The van der Waals surface area contributed by atoms with Gasteiger partial charge in [0.1, 0.15) is 0 Å². The summed E-state index contributed by atoms with van der Waals surface area (Å²) in [6.07, 6.45) is 2.17. The molecule has 1 aliphatic rings. The average molecular weight is 303 g/mol. The van der Waals surface area contributed by atoms with Crippen LogP contribution in [0, 0.1) is 5.92 Å². The van der Waals surface area contributed by atoms with Crippen LogP contribution in [0.4, 0.5) is 0 Å². The van der Waals surface area contributed by atoms with Crippen LogP contribution in [0.1, 0.15) is 44.6 Å². The van der Waals surface area contributed by atoms with Gasteiger partial charge in [-0.25, -0.2) is 0 Å². The molecule has 22 heavy (non-hydrogen) atoms. The van der Waals surface area contributed by atoms with Crippen LogP contribution in [-0.4, -0.2) is 36.5 Å². The predicted octanol–water partition coefficient (Wildman–Crippen LogP) is 2.98. The largest absolute Gasteiger partial charge is 0.466 e. The van der Waals surface area contributed by atoms with E-state index in [1.54, 1.807) is 0 Å². The molecule has 1 saturated heterocycles. The van der Waals surface area contributed by atoms with Crippen molar-refractivity contribution in [3.63, 3.8) is 0 Å². The zero-order chi connectivity index (χ0) is 15.9. The highest BCUT2D eigenvalue weighted by Gasteiger charge is 2.29. The maximum atomic E-state index is 12.5. The highest BCUT2D eigenvalue weighted by molar-refractivity contribution is 5.79. The second kappa shape index (κ2) is 7.97. The highest BCUT2D eigenvalue weighted by atomic mass is 16.5. The van der Waals surface area contributed by atoms with Gasteiger partial charge in [0.2, 0.25) is 5.91 Å². The van der Waals surface area contributed by atoms with E-state index in [1.807, 2.05) is 30.0 Å². The van der Waals surface area contributed by atoms with Crippen molar-refractivity contribution < 1.29 is 14.3 Å². The minimum Gasteiger partial charge on any atom is -0.466 e. The number of carbonyl (C=O) groups excluding carboxylic acids is 2. The lowest BCUT2D eigenvalue weighted by Gasteiger charge is -2.32. The number of hydrogen-bond donors (Lipinski definition) is 0. The summed E-state index contributed by atoms with van der Waals surface area (Å²) in [7, 11) is 0. The van der Waals surface area contributed by atoms with E-state index in [0.29, 0.717) is 19.6 Å². The molecular formula is C18H25NO3. The Morgan fingerprint density at radius 1 is 1.32 bits per heavy atom. The number of hydrogen-bond acceptors (Lipinski definition) is 3. The fourth-order valence-corrected chi connectivity index (χ4v) is 2.95. The molecule has 0 radical (unpaired) electrons. The first-order valence-electron chi connectivity index (χ1n) is 8.11. The molecule has 1 aliphatic heterocycles. The van der Waals surface area contributed by atoms with E-state index in [-0.39, 0.29) is 23.7 Å². The third kappa shape index (κ3) is 4.33. The molecule has 2 rings (SSSR count). The molecular weight excluding hydrogens is 278 g/mol. The summed E-state index contributed by atoms with van der Waals surface area (Å²) in [5.74, 6) is -0.0113. The summed E-state index contributed by atoms with van der Waals surface area (Å²) in [5, 5.41) is 0. The molecule has 1 amide bonds. The van der Waals surface area contributed by atoms with Gasteiger partial charge in [-0.3, -0.25) is 9.59 Å². The third-order valence-electron chi connectivity index (χ3n) is 4.24. The molecule has 0 unspecified atom stereocenters. The first-order chi connectivity index (χ1) is 10.6. The molecule has 1 heterocycles. The topological polar surface area (TPSA) is 46.6 Å². The SMILES string of the molecule is CCOC(=O)[C@@H]1CCCN(C(=O)C[C@H](C)c2ccccc2)C1. The van der Waals surface area contributed by atoms with Gasteiger partial charge in [0, 0.05) is 19.5 Å². The van der Waals surface area contributed by atoms with Gasteiger partial charge in [0.15, 0.2) is 0 Å². The first-order valence-corrected chi connectivity index (χ1v) is 8.11. The van der Waals surface area contributed by atoms with E-state index in [0.717, 1.165) is 19.4 Å². The molecule has 0 aromatic heterocycles. The summed E-state index contributed by atoms with van der Waals surface area (Å²) < 4.78 is 5.08. The van der Waals surface area contributed by atoms with Crippen molar-refractivity contribution >= 4 is 11.9 Å². The molecule has 0 aliphatic carbocycles. The van der Waals surface area contributed by atoms with Crippen LogP contribution < -0.4 is 0 Å². The van der Waals surface area contributed by atoms with E-state index in [4.69, 9.17) is 4.74 Å². The van der Waals surface area contributed by atoms with E-state index in [2.05, 4.69) is 19.1 Å². The lowest BCUT2D eigenvalue weighted by atomic mass is 9.94. The van der Waals surface area contributed by atoms with Crippen LogP contribution in [0.3, 0.4) is 0 Å². The molecule has 1 aromatic rings.